The first-order valence-corrected chi connectivity index (χ1v) is 13.9. The highest BCUT2D eigenvalue weighted by atomic mass is 16.7. The van der Waals surface area contributed by atoms with Crippen LogP contribution >= 0.6 is 0 Å². The zero-order valence-corrected chi connectivity index (χ0v) is 22.9. The Bertz CT molecular complexity index is 1800. The summed E-state index contributed by atoms with van der Waals surface area (Å²) in [5, 5.41) is 8.38. The van der Waals surface area contributed by atoms with Gasteiger partial charge in [-0.25, -0.2) is 0 Å². The lowest BCUT2D eigenvalue weighted by Crippen LogP contribution is -2.22. The van der Waals surface area contributed by atoms with E-state index < -0.39 is 0 Å². The van der Waals surface area contributed by atoms with Gasteiger partial charge >= 0.3 is 0 Å². The molecule has 4 heteroatoms. The molecule has 0 radical (unpaired) electrons. The molecule has 7 aromatic rings. The summed E-state index contributed by atoms with van der Waals surface area (Å²) >= 11 is 0. The number of anilines is 4. The first kappa shape index (κ1) is 25.2. The lowest BCUT2D eigenvalue weighted by atomic mass is 10.1. The molecule has 0 fully saturated rings. The molecule has 0 heterocycles. The monoisotopic (exact) mass is 544 g/mol. The summed E-state index contributed by atoms with van der Waals surface area (Å²) in [5.41, 5.74) is 3.73. The maximum atomic E-state index is 6.48. The Balaban J connectivity index is 1.18. The molecule has 0 saturated carbocycles. The highest BCUT2D eigenvalue weighted by Crippen LogP contribution is 2.33. The zero-order chi connectivity index (χ0) is 28.1. The third-order valence-electron chi connectivity index (χ3n) is 7.13. The molecule has 42 heavy (non-hydrogen) atoms. The van der Waals surface area contributed by atoms with Crippen LogP contribution in [0.25, 0.3) is 21.5 Å². The predicted octanol–water partition coefficient (Wildman–Crippen LogP) is 10.3. The second-order valence-corrected chi connectivity index (χ2v) is 9.98. The Kier molecular flexibility index (Phi) is 6.85. The number of nitrogens with zero attached hydrogens (tertiary/aromatic N) is 2. The van der Waals surface area contributed by atoms with Gasteiger partial charge in [-0.3, -0.25) is 0 Å². The van der Waals surface area contributed by atoms with Crippen molar-refractivity contribution in [2.24, 2.45) is 0 Å². The number of hydrogen-bond acceptors (Lipinski definition) is 4. The number of benzene rings is 7. The van der Waals surface area contributed by atoms with Crippen LogP contribution in [0.15, 0.2) is 170 Å². The average Bonchev–Trinajstić information content (AvgIpc) is 3.07. The maximum absolute atomic E-state index is 6.48. The minimum absolute atomic E-state index is 0.691. The van der Waals surface area contributed by atoms with Crippen molar-refractivity contribution in [3.8, 4) is 11.5 Å². The topological polar surface area (TPSA) is 24.9 Å². The number of rotatable bonds is 8. The minimum atomic E-state index is 0.691. The third-order valence-corrected chi connectivity index (χ3v) is 7.13. The van der Waals surface area contributed by atoms with E-state index in [4.69, 9.17) is 9.68 Å². The number of fused-ring (bicyclic) bond motifs is 2. The highest BCUT2D eigenvalue weighted by molar-refractivity contribution is 5.87. The summed E-state index contributed by atoms with van der Waals surface area (Å²) < 4.78 is 0. The van der Waals surface area contributed by atoms with Gasteiger partial charge in [0.2, 0.25) is 0 Å². The fourth-order valence-electron chi connectivity index (χ4n) is 5.01. The molecule has 0 spiro atoms. The Morgan fingerprint density at radius 3 is 1.05 bits per heavy atom. The Morgan fingerprint density at radius 2 is 0.643 bits per heavy atom. The Hall–Kier alpha value is -5.74. The molecule has 7 aromatic carbocycles. The quantitative estimate of drug-likeness (QED) is 0.178. The van der Waals surface area contributed by atoms with E-state index >= 15 is 0 Å². The molecule has 4 nitrogen and oxygen atoms in total. The summed E-state index contributed by atoms with van der Waals surface area (Å²) in [5.74, 6) is 1.38. The van der Waals surface area contributed by atoms with Gasteiger partial charge in [0.1, 0.15) is 0 Å². The second-order valence-electron chi connectivity index (χ2n) is 9.98. The summed E-state index contributed by atoms with van der Waals surface area (Å²) in [4.78, 5) is 13.0. The molecule has 0 aliphatic heterocycles. The molecule has 7 rings (SSSR count). The summed E-state index contributed by atoms with van der Waals surface area (Å²) in [7, 11) is 0. The lowest BCUT2D eigenvalue weighted by molar-refractivity contribution is 0.314. The van der Waals surface area contributed by atoms with Gasteiger partial charge in [-0.15, -0.1) is 0 Å². The van der Waals surface area contributed by atoms with Crippen LogP contribution in [0.1, 0.15) is 0 Å². The van der Waals surface area contributed by atoms with Crippen molar-refractivity contribution in [2.75, 3.05) is 10.1 Å². The first-order valence-electron chi connectivity index (χ1n) is 13.9. The molecule has 202 valence electrons. The van der Waals surface area contributed by atoms with Crippen molar-refractivity contribution < 1.29 is 9.68 Å². The Morgan fingerprint density at radius 1 is 0.286 bits per heavy atom. The standard InChI is InChI=1S/C38H28N2O2/c1-3-15-33(16-4-1)39(35-21-19-29-11-7-9-13-31(29)27-35)41-37-23-25-38(26-24-37)42-40(34-17-5-2-6-18-34)36-22-20-30-12-8-10-14-32(30)28-36/h1-28H. The molecule has 0 atom stereocenters. The molecule has 0 bridgehead atoms. The van der Waals surface area contributed by atoms with Crippen LogP contribution in [-0.4, -0.2) is 0 Å². The van der Waals surface area contributed by atoms with Gasteiger partial charge in [0.15, 0.2) is 11.5 Å². The molecule has 0 aliphatic rings. The first-order chi connectivity index (χ1) is 20.8. The van der Waals surface area contributed by atoms with Crippen LogP contribution in [0.4, 0.5) is 22.7 Å². The average molecular weight is 545 g/mol. The van der Waals surface area contributed by atoms with Gasteiger partial charge in [0, 0.05) is 0 Å². The summed E-state index contributed by atoms with van der Waals surface area (Å²) in [6, 6.07) is 57.2. The van der Waals surface area contributed by atoms with Gasteiger partial charge in [0.05, 0.1) is 22.7 Å². The van der Waals surface area contributed by atoms with Gasteiger partial charge < -0.3 is 9.68 Å². The van der Waals surface area contributed by atoms with Crippen molar-refractivity contribution >= 4 is 44.3 Å². The van der Waals surface area contributed by atoms with Gasteiger partial charge in [-0.05, 0) is 94.3 Å². The van der Waals surface area contributed by atoms with Gasteiger partial charge in [0.25, 0.3) is 0 Å². The van der Waals surface area contributed by atoms with E-state index in [0.717, 1.165) is 33.5 Å². The van der Waals surface area contributed by atoms with Gasteiger partial charge in [-0.1, -0.05) is 97.1 Å². The van der Waals surface area contributed by atoms with Crippen LogP contribution < -0.4 is 19.8 Å². The molecule has 0 N–H and O–H groups in total. The van der Waals surface area contributed by atoms with Crippen molar-refractivity contribution in [2.45, 2.75) is 0 Å². The largest absolute Gasteiger partial charge is 0.375 e. The molecule has 0 aromatic heterocycles. The fraction of sp³-hybridized carbons (Fsp3) is 0. The third kappa shape index (κ3) is 5.34. The van der Waals surface area contributed by atoms with Crippen LogP contribution in [-0.2, 0) is 0 Å². The van der Waals surface area contributed by atoms with Gasteiger partial charge in [-0.2, -0.15) is 10.1 Å². The number of hydrogen-bond donors (Lipinski definition) is 0. The van der Waals surface area contributed by atoms with Crippen LogP contribution in [0, 0.1) is 0 Å². The minimum Gasteiger partial charge on any atom is -0.375 e. The molecule has 0 saturated heterocycles. The molecule has 0 amide bonds. The van der Waals surface area contributed by atoms with E-state index in [2.05, 4.69) is 84.9 Å². The van der Waals surface area contributed by atoms with Crippen molar-refractivity contribution in [3.05, 3.63) is 170 Å². The number of para-hydroxylation sites is 2. The summed E-state index contributed by atoms with van der Waals surface area (Å²) in [6.45, 7) is 0. The molecule has 0 unspecified atom stereocenters. The normalized spacial score (nSPS) is 10.9. The van der Waals surface area contributed by atoms with E-state index in [1.165, 1.54) is 10.8 Å². The van der Waals surface area contributed by atoms with E-state index in [9.17, 15) is 0 Å². The summed E-state index contributed by atoms with van der Waals surface area (Å²) in [6.07, 6.45) is 0. The van der Waals surface area contributed by atoms with Crippen LogP contribution in [0.2, 0.25) is 0 Å². The van der Waals surface area contributed by atoms with Crippen molar-refractivity contribution in [1.82, 2.24) is 0 Å². The van der Waals surface area contributed by atoms with Crippen LogP contribution in [0.3, 0.4) is 0 Å². The van der Waals surface area contributed by atoms with E-state index in [0.29, 0.717) is 11.5 Å². The Labute approximate surface area is 245 Å². The predicted molar refractivity (Wildman–Crippen MR) is 173 cm³/mol. The SMILES string of the molecule is c1ccc(N(Oc2ccc(ON(c3ccccc3)c3ccc4ccccc4c3)cc2)c2ccc3ccccc3c2)cc1. The zero-order valence-electron chi connectivity index (χ0n) is 22.9. The molecule has 0 aliphatic carbocycles. The maximum Gasteiger partial charge on any atom is 0.156 e. The molecular formula is C38H28N2O2. The van der Waals surface area contributed by atoms with E-state index in [1.54, 1.807) is 0 Å². The lowest BCUT2D eigenvalue weighted by Gasteiger charge is -2.26. The van der Waals surface area contributed by atoms with E-state index in [1.807, 2.05) is 95.1 Å². The van der Waals surface area contributed by atoms with Crippen molar-refractivity contribution in [1.29, 1.82) is 0 Å². The fourth-order valence-corrected chi connectivity index (χ4v) is 5.01. The highest BCUT2D eigenvalue weighted by Gasteiger charge is 2.15. The smallest absolute Gasteiger partial charge is 0.156 e. The van der Waals surface area contributed by atoms with Crippen molar-refractivity contribution in [3.63, 3.8) is 0 Å². The van der Waals surface area contributed by atoms with Crippen LogP contribution in [0.5, 0.6) is 11.5 Å². The molecular weight excluding hydrogens is 516 g/mol. The van der Waals surface area contributed by atoms with E-state index in [-0.39, 0.29) is 0 Å². The second kappa shape index (κ2) is 11.4.